The standard InChI is InChI=1S/C11H8ClNS/c1-7-9-2-3-14-11(9)4-8(5-12)10(7)6-13/h2-4H,5H2,1H3. The Kier molecular flexibility index (Phi) is 2.45. The van der Waals surface area contributed by atoms with E-state index in [1.165, 1.54) is 10.1 Å². The lowest BCUT2D eigenvalue weighted by atomic mass is 10.0. The lowest BCUT2D eigenvalue weighted by molar-refractivity contribution is 1.33. The van der Waals surface area contributed by atoms with Crippen LogP contribution in [0.1, 0.15) is 16.7 Å². The molecule has 1 nitrogen and oxygen atoms in total. The molecule has 0 radical (unpaired) electrons. The van der Waals surface area contributed by atoms with Crippen LogP contribution in [-0.4, -0.2) is 0 Å². The molecule has 1 aromatic carbocycles. The Bertz CT molecular complexity index is 522. The van der Waals surface area contributed by atoms with E-state index >= 15 is 0 Å². The van der Waals surface area contributed by atoms with Crippen molar-refractivity contribution in [3.8, 4) is 6.07 Å². The van der Waals surface area contributed by atoms with Gasteiger partial charge in [-0.2, -0.15) is 5.26 Å². The molecule has 2 rings (SSSR count). The number of hydrogen-bond donors (Lipinski definition) is 0. The molecule has 0 aliphatic carbocycles. The smallest absolute Gasteiger partial charge is 0.0998 e. The van der Waals surface area contributed by atoms with Gasteiger partial charge in [-0.25, -0.2) is 0 Å². The highest BCUT2D eigenvalue weighted by Crippen LogP contribution is 2.29. The van der Waals surface area contributed by atoms with E-state index in [2.05, 4.69) is 6.07 Å². The fraction of sp³-hybridized carbons (Fsp3) is 0.182. The van der Waals surface area contributed by atoms with Gasteiger partial charge in [0.25, 0.3) is 0 Å². The van der Waals surface area contributed by atoms with Gasteiger partial charge < -0.3 is 0 Å². The highest BCUT2D eigenvalue weighted by atomic mass is 35.5. The van der Waals surface area contributed by atoms with E-state index in [1.807, 2.05) is 24.4 Å². The first kappa shape index (κ1) is 9.51. The summed E-state index contributed by atoms with van der Waals surface area (Å²) in [4.78, 5) is 0. The number of thiophene rings is 1. The summed E-state index contributed by atoms with van der Waals surface area (Å²) >= 11 is 7.49. The predicted molar refractivity (Wildman–Crippen MR) is 60.8 cm³/mol. The average molecular weight is 222 g/mol. The summed E-state index contributed by atoms with van der Waals surface area (Å²) in [6, 6.07) is 6.28. The van der Waals surface area contributed by atoms with Gasteiger partial charge in [-0.15, -0.1) is 22.9 Å². The van der Waals surface area contributed by atoms with Crippen molar-refractivity contribution in [2.75, 3.05) is 0 Å². The Labute approximate surface area is 91.5 Å². The molecule has 0 N–H and O–H groups in total. The van der Waals surface area contributed by atoms with Gasteiger partial charge in [-0.05, 0) is 40.9 Å². The summed E-state index contributed by atoms with van der Waals surface area (Å²) in [5.74, 6) is 0.400. The Balaban J connectivity index is 2.88. The largest absolute Gasteiger partial charge is 0.192 e. The minimum Gasteiger partial charge on any atom is -0.192 e. The van der Waals surface area contributed by atoms with Crippen molar-refractivity contribution in [2.45, 2.75) is 12.8 Å². The molecule has 0 aliphatic rings. The Morgan fingerprint density at radius 3 is 3.00 bits per heavy atom. The van der Waals surface area contributed by atoms with Crippen molar-refractivity contribution in [2.24, 2.45) is 0 Å². The molecule has 0 bridgehead atoms. The van der Waals surface area contributed by atoms with Crippen LogP contribution < -0.4 is 0 Å². The van der Waals surface area contributed by atoms with E-state index in [-0.39, 0.29) is 0 Å². The number of benzene rings is 1. The topological polar surface area (TPSA) is 23.8 Å². The average Bonchev–Trinajstić information content (AvgIpc) is 2.65. The molecule has 0 saturated carbocycles. The fourth-order valence-corrected chi connectivity index (χ4v) is 2.73. The number of nitrogens with zero attached hydrogens (tertiary/aromatic N) is 1. The SMILES string of the molecule is Cc1c(C#N)c(CCl)cc2sccc12. The second-order valence-corrected chi connectivity index (χ2v) is 4.33. The van der Waals surface area contributed by atoms with E-state index < -0.39 is 0 Å². The van der Waals surface area contributed by atoms with Gasteiger partial charge in [-0.1, -0.05) is 0 Å². The van der Waals surface area contributed by atoms with E-state index in [0.717, 1.165) is 16.7 Å². The number of fused-ring (bicyclic) bond motifs is 1. The molecule has 0 fully saturated rings. The van der Waals surface area contributed by atoms with Gasteiger partial charge >= 0.3 is 0 Å². The second-order valence-electron chi connectivity index (χ2n) is 3.11. The molecule has 3 heteroatoms. The van der Waals surface area contributed by atoms with Crippen molar-refractivity contribution in [3.05, 3.63) is 34.2 Å². The molecule has 1 aromatic heterocycles. The van der Waals surface area contributed by atoms with Crippen LogP contribution in [0.25, 0.3) is 10.1 Å². The second kappa shape index (κ2) is 3.61. The number of aryl methyl sites for hydroxylation is 1. The van der Waals surface area contributed by atoms with E-state index in [0.29, 0.717) is 5.88 Å². The van der Waals surface area contributed by atoms with Crippen molar-refractivity contribution in [1.29, 1.82) is 5.26 Å². The molecule has 0 amide bonds. The van der Waals surface area contributed by atoms with Gasteiger partial charge in [0.15, 0.2) is 0 Å². The maximum Gasteiger partial charge on any atom is 0.0998 e. The number of rotatable bonds is 1. The fourth-order valence-electron chi connectivity index (χ4n) is 1.61. The van der Waals surface area contributed by atoms with Gasteiger partial charge in [0.05, 0.1) is 11.6 Å². The highest BCUT2D eigenvalue weighted by Gasteiger charge is 2.09. The first-order valence-electron chi connectivity index (χ1n) is 4.23. The summed E-state index contributed by atoms with van der Waals surface area (Å²) in [5, 5.41) is 12.2. The lowest BCUT2D eigenvalue weighted by Gasteiger charge is -2.04. The van der Waals surface area contributed by atoms with E-state index in [1.54, 1.807) is 11.3 Å². The molecule has 14 heavy (non-hydrogen) atoms. The zero-order valence-corrected chi connectivity index (χ0v) is 9.25. The number of alkyl halides is 1. The van der Waals surface area contributed by atoms with E-state index in [4.69, 9.17) is 16.9 Å². The third kappa shape index (κ3) is 1.30. The van der Waals surface area contributed by atoms with Crippen LogP contribution in [0.15, 0.2) is 17.5 Å². The molecular weight excluding hydrogens is 214 g/mol. The monoisotopic (exact) mass is 221 g/mol. The third-order valence-electron chi connectivity index (χ3n) is 2.36. The zero-order valence-electron chi connectivity index (χ0n) is 7.67. The first-order valence-corrected chi connectivity index (χ1v) is 5.65. The maximum absolute atomic E-state index is 9.02. The van der Waals surface area contributed by atoms with Crippen LogP contribution in [0.2, 0.25) is 0 Å². The summed E-state index contributed by atoms with van der Waals surface area (Å²) < 4.78 is 1.21. The maximum atomic E-state index is 9.02. The number of hydrogen-bond acceptors (Lipinski definition) is 2. The Hall–Kier alpha value is -1.04. The summed E-state index contributed by atoms with van der Waals surface area (Å²) in [6.07, 6.45) is 0. The van der Waals surface area contributed by atoms with Gasteiger partial charge in [-0.3, -0.25) is 0 Å². The minimum absolute atomic E-state index is 0.400. The molecular formula is C11H8ClNS. The van der Waals surface area contributed by atoms with E-state index in [9.17, 15) is 0 Å². The quantitative estimate of drug-likeness (QED) is 0.672. The van der Waals surface area contributed by atoms with Crippen molar-refractivity contribution >= 4 is 33.0 Å². The van der Waals surface area contributed by atoms with Crippen LogP contribution >= 0.6 is 22.9 Å². The van der Waals surface area contributed by atoms with Crippen LogP contribution in [0, 0.1) is 18.3 Å². The van der Waals surface area contributed by atoms with Crippen LogP contribution in [0.3, 0.4) is 0 Å². The van der Waals surface area contributed by atoms with Gasteiger partial charge in [0.1, 0.15) is 0 Å². The molecule has 0 atom stereocenters. The van der Waals surface area contributed by atoms with Crippen molar-refractivity contribution in [1.82, 2.24) is 0 Å². The summed E-state index contributed by atoms with van der Waals surface area (Å²) in [5.41, 5.74) is 2.70. The van der Waals surface area contributed by atoms with Crippen LogP contribution in [-0.2, 0) is 5.88 Å². The molecule has 0 spiro atoms. The summed E-state index contributed by atoms with van der Waals surface area (Å²) in [6.45, 7) is 1.98. The zero-order chi connectivity index (χ0) is 10.1. The molecule has 70 valence electrons. The predicted octanol–water partition coefficient (Wildman–Crippen LogP) is 3.82. The van der Waals surface area contributed by atoms with Gasteiger partial charge in [0.2, 0.25) is 0 Å². The number of halogens is 1. The van der Waals surface area contributed by atoms with Crippen molar-refractivity contribution in [3.63, 3.8) is 0 Å². The van der Waals surface area contributed by atoms with Crippen LogP contribution in [0.5, 0.6) is 0 Å². The lowest BCUT2D eigenvalue weighted by Crippen LogP contribution is -1.90. The molecule has 1 heterocycles. The summed E-state index contributed by atoms with van der Waals surface area (Å²) in [7, 11) is 0. The molecule has 2 aromatic rings. The molecule has 0 aliphatic heterocycles. The molecule has 0 saturated heterocycles. The third-order valence-corrected chi connectivity index (χ3v) is 3.51. The van der Waals surface area contributed by atoms with Gasteiger partial charge in [0, 0.05) is 10.6 Å². The molecule has 0 unspecified atom stereocenters. The highest BCUT2D eigenvalue weighted by molar-refractivity contribution is 7.17. The normalized spacial score (nSPS) is 10.4. The Morgan fingerprint density at radius 2 is 2.36 bits per heavy atom. The first-order chi connectivity index (χ1) is 6.77. The minimum atomic E-state index is 0.400. The Morgan fingerprint density at radius 1 is 1.57 bits per heavy atom. The van der Waals surface area contributed by atoms with Crippen molar-refractivity contribution < 1.29 is 0 Å². The number of nitriles is 1. The van der Waals surface area contributed by atoms with Crippen LogP contribution in [0.4, 0.5) is 0 Å².